The molecule has 1 aliphatic heterocycles. The predicted molar refractivity (Wildman–Crippen MR) is 59.4 cm³/mol. The van der Waals surface area contributed by atoms with Gasteiger partial charge in [0.1, 0.15) is 0 Å². The number of allylic oxidation sites excluding steroid dienone is 1. The average molecular weight is 300 g/mol. The topological polar surface area (TPSA) is 47.3 Å². The Bertz CT molecular complexity index is 253. The average Bonchev–Trinajstić information content (AvgIpc) is 2.52. The van der Waals surface area contributed by atoms with E-state index in [1.54, 1.807) is 7.11 Å². The molecule has 3 nitrogen and oxygen atoms in total. The van der Waals surface area contributed by atoms with Gasteiger partial charge in [0.2, 0.25) is 0 Å². The van der Waals surface area contributed by atoms with E-state index in [1.807, 2.05) is 0 Å². The van der Waals surface area contributed by atoms with E-state index in [0.717, 1.165) is 13.0 Å². The van der Waals surface area contributed by atoms with Gasteiger partial charge < -0.3 is 0 Å². The summed E-state index contributed by atoms with van der Waals surface area (Å²) in [6.45, 7) is 0.813. The van der Waals surface area contributed by atoms with Gasteiger partial charge in [-0.25, -0.2) is 0 Å². The van der Waals surface area contributed by atoms with E-state index >= 15 is 0 Å². The molecule has 1 heterocycles. The van der Waals surface area contributed by atoms with Gasteiger partial charge in [0.05, 0.1) is 0 Å². The van der Waals surface area contributed by atoms with Gasteiger partial charge in [-0.05, 0) is 0 Å². The van der Waals surface area contributed by atoms with Gasteiger partial charge in [-0.3, -0.25) is 0 Å². The van der Waals surface area contributed by atoms with Crippen LogP contribution >= 0.6 is 12.2 Å². The second-order valence-electron chi connectivity index (χ2n) is 2.84. The van der Waals surface area contributed by atoms with Gasteiger partial charge in [-0.1, -0.05) is 0 Å². The molecule has 70 valence electrons. The Balaban J connectivity index is 2.24. The first kappa shape index (κ1) is 11.1. The molecule has 0 bridgehead atoms. The molecule has 1 rings (SSSR count). The molecule has 0 aromatic heterocycles. The van der Waals surface area contributed by atoms with Gasteiger partial charge >= 0.3 is 92.5 Å². The van der Waals surface area contributed by atoms with Crippen LogP contribution in [0.25, 0.3) is 0 Å². The van der Waals surface area contributed by atoms with E-state index in [1.165, 1.54) is 5.57 Å². The molecule has 0 aromatic rings. The molecule has 0 unspecified atom stereocenters. The molecule has 5 heteroatoms. The van der Waals surface area contributed by atoms with Crippen molar-refractivity contribution in [2.24, 2.45) is 5.73 Å². The number of hydrogen-bond donors (Lipinski definition) is 2. The molecule has 3 N–H and O–H groups in total. The van der Waals surface area contributed by atoms with E-state index in [4.69, 9.17) is 20.8 Å². The van der Waals surface area contributed by atoms with Crippen molar-refractivity contribution in [3.05, 3.63) is 19.3 Å². The van der Waals surface area contributed by atoms with Crippen molar-refractivity contribution in [2.45, 2.75) is 6.42 Å². The number of hydrogen-bond acceptors (Lipinski definition) is 2. The molecular weight excluding hydrogens is 287 g/mol. The molecule has 0 saturated carbocycles. The van der Waals surface area contributed by atoms with Gasteiger partial charge in [0.25, 0.3) is 0 Å². The summed E-state index contributed by atoms with van der Waals surface area (Å²) in [5, 5.41) is 3.29. The zero-order chi connectivity index (χ0) is 9.68. The maximum absolute atomic E-state index is 5.34. The summed E-state index contributed by atoms with van der Waals surface area (Å²) in [6, 6.07) is 0. The van der Waals surface area contributed by atoms with Gasteiger partial charge in [0, 0.05) is 0 Å². The van der Waals surface area contributed by atoms with Gasteiger partial charge in [-0.15, -0.1) is 0 Å². The van der Waals surface area contributed by atoms with E-state index in [9.17, 15) is 0 Å². The molecule has 0 atom stereocenters. The van der Waals surface area contributed by atoms with Crippen molar-refractivity contribution >= 4 is 39.2 Å². The first-order valence-electron chi connectivity index (χ1n) is 4.17. The van der Waals surface area contributed by atoms with E-state index in [0.29, 0.717) is 5.11 Å². The summed E-state index contributed by atoms with van der Waals surface area (Å²) in [4.78, 5) is 0. The van der Waals surface area contributed by atoms with Gasteiger partial charge in [0.15, 0.2) is 0 Å². The van der Waals surface area contributed by atoms with Crippen molar-refractivity contribution in [3.63, 3.8) is 0 Å². The molecule has 0 aromatic carbocycles. The Kier molecular flexibility index (Phi) is 4.83. The van der Waals surface area contributed by atoms with Crippen LogP contribution in [0.2, 0.25) is 0 Å². The van der Waals surface area contributed by atoms with Crippen LogP contribution in [0.15, 0.2) is 19.3 Å². The van der Waals surface area contributed by atoms with Crippen molar-refractivity contribution < 1.29 is 2.85 Å². The van der Waals surface area contributed by atoms with Crippen molar-refractivity contribution in [2.75, 3.05) is 13.7 Å². The summed E-state index contributed by atoms with van der Waals surface area (Å²) >= 11 is 2.94. The van der Waals surface area contributed by atoms with E-state index in [2.05, 4.69) is 19.1 Å². The van der Waals surface area contributed by atoms with Crippen LogP contribution in [0.4, 0.5) is 0 Å². The molecule has 0 saturated heterocycles. The van der Waals surface area contributed by atoms with Crippen LogP contribution in [0.3, 0.4) is 0 Å². The molecule has 0 amide bonds. The summed E-state index contributed by atoms with van der Waals surface area (Å²) in [5.74, 6) is 0. The Morgan fingerprint density at radius 3 is 3.08 bits per heavy atom. The fourth-order valence-corrected chi connectivity index (χ4v) is 5.68. The van der Waals surface area contributed by atoms with Crippen molar-refractivity contribution in [1.82, 2.24) is 5.32 Å². The third-order valence-corrected chi connectivity index (χ3v) is 7.35. The molecule has 0 spiro atoms. The molecular formula is C8H13InN2OS. The molecule has 0 aliphatic carbocycles. The summed E-state index contributed by atoms with van der Waals surface area (Å²) < 4.78 is 9.87. The third kappa shape index (κ3) is 4.15. The number of nitrogens with one attached hydrogen (secondary N) is 1. The number of nitrogens with two attached hydrogens (primary N) is 1. The minimum absolute atomic E-state index is 0.370. The predicted octanol–water partition coefficient (Wildman–Crippen LogP) is 0.422. The molecule has 13 heavy (non-hydrogen) atoms. The fourth-order valence-electron chi connectivity index (χ4n) is 1.18. The normalized spacial score (nSPS) is 14.5. The van der Waals surface area contributed by atoms with Crippen LogP contribution in [-0.4, -0.2) is 40.6 Å². The second-order valence-corrected chi connectivity index (χ2v) is 9.33. The Hall–Kier alpha value is 0.000130. The summed E-state index contributed by atoms with van der Waals surface area (Å²) in [6.07, 6.45) is 3.14. The Labute approximate surface area is 92.2 Å². The molecule has 1 aliphatic rings. The second kappa shape index (κ2) is 5.67. The zero-order valence-electron chi connectivity index (χ0n) is 7.62. The SMILES string of the molecule is C[O][In]1[CH]=CC(CCNC(N)=S)=[CH]1. The zero-order valence-corrected chi connectivity index (χ0v) is 11.7. The van der Waals surface area contributed by atoms with Crippen LogP contribution in [0.5, 0.6) is 0 Å². The third-order valence-electron chi connectivity index (χ3n) is 1.86. The van der Waals surface area contributed by atoms with Crippen LogP contribution in [0.1, 0.15) is 6.42 Å². The monoisotopic (exact) mass is 300 g/mol. The van der Waals surface area contributed by atoms with Crippen molar-refractivity contribution in [1.29, 1.82) is 0 Å². The number of rotatable bonds is 4. The summed E-state index contributed by atoms with van der Waals surface area (Å²) in [5.41, 5.74) is 6.66. The Morgan fingerprint density at radius 1 is 1.77 bits per heavy atom. The van der Waals surface area contributed by atoms with E-state index in [-0.39, 0.29) is 0 Å². The molecule has 0 fully saturated rings. The summed E-state index contributed by atoms with van der Waals surface area (Å²) in [7, 11) is 1.79. The number of thiocarbonyl (C=S) groups is 1. The van der Waals surface area contributed by atoms with Crippen LogP contribution < -0.4 is 11.1 Å². The van der Waals surface area contributed by atoms with Crippen LogP contribution in [0, 0.1) is 0 Å². The first-order chi connectivity index (χ1) is 6.22. The standard InChI is InChI=1S/C7H10N2S.CH3O.In/c1-3-6(2)4-5-9-7(8)10;1-2;/h1-3H,4-5H2,(H3,8,9,10);1H3;/q;-1;+1. The molecule has 0 radical (unpaired) electrons. The fraction of sp³-hybridized carbons (Fsp3) is 0.375. The quantitative estimate of drug-likeness (QED) is 0.739. The first-order valence-corrected chi connectivity index (χ1v) is 9.73. The van der Waals surface area contributed by atoms with E-state index < -0.39 is 21.9 Å². The van der Waals surface area contributed by atoms with Crippen molar-refractivity contribution in [3.8, 4) is 0 Å². The van der Waals surface area contributed by atoms with Crippen LogP contribution in [-0.2, 0) is 2.85 Å². The minimum atomic E-state index is -1.76. The Morgan fingerprint density at radius 2 is 2.54 bits per heavy atom. The maximum atomic E-state index is 5.34. The van der Waals surface area contributed by atoms with Gasteiger partial charge in [-0.2, -0.15) is 0 Å².